The molecule has 12 heteroatoms. The van der Waals surface area contributed by atoms with Crippen LogP contribution in [0.4, 0.5) is 35.1 Å². The minimum atomic E-state index is -5.52. The molecular formula is C30H22F8N2O2. The normalized spacial score (nSPS) is 15.0. The smallest absolute Gasteiger partial charge is 0.369 e. The number of alkyl halides is 6. The monoisotopic (exact) mass is 594 g/mol. The van der Waals surface area contributed by atoms with E-state index < -0.39 is 64.1 Å². The van der Waals surface area contributed by atoms with Crippen molar-refractivity contribution in [1.29, 1.82) is 0 Å². The third-order valence-electron chi connectivity index (χ3n) is 6.83. The van der Waals surface area contributed by atoms with Crippen molar-refractivity contribution in [1.82, 2.24) is 10.3 Å². The fourth-order valence-electron chi connectivity index (χ4n) is 4.69. The lowest BCUT2D eigenvalue weighted by atomic mass is 9.72. The summed E-state index contributed by atoms with van der Waals surface area (Å²) in [4.78, 5) is 17.2. The summed E-state index contributed by atoms with van der Waals surface area (Å²) in [7, 11) is 0. The van der Waals surface area contributed by atoms with Gasteiger partial charge in [-0.3, -0.25) is 9.78 Å². The van der Waals surface area contributed by atoms with Gasteiger partial charge in [0.1, 0.15) is 11.6 Å². The van der Waals surface area contributed by atoms with Gasteiger partial charge in [0.25, 0.3) is 11.5 Å². The van der Waals surface area contributed by atoms with Crippen molar-refractivity contribution in [3.63, 3.8) is 0 Å². The minimum Gasteiger partial charge on any atom is -0.369 e. The molecule has 1 heterocycles. The Hall–Kier alpha value is -4.32. The number of nitrogens with one attached hydrogen (secondary N) is 1. The van der Waals surface area contributed by atoms with E-state index in [9.17, 15) is 45.0 Å². The summed E-state index contributed by atoms with van der Waals surface area (Å²) < 4.78 is 112. The summed E-state index contributed by atoms with van der Waals surface area (Å²) in [5.41, 5.74) is -8.41. The van der Waals surface area contributed by atoms with Crippen LogP contribution < -0.4 is 5.32 Å². The second-order valence-electron chi connectivity index (χ2n) is 9.59. The molecule has 0 fully saturated rings. The predicted molar refractivity (Wildman–Crippen MR) is 136 cm³/mol. The van der Waals surface area contributed by atoms with Crippen molar-refractivity contribution in [3.8, 4) is 0 Å². The number of nitrogens with zero attached hydrogens (tertiary/aromatic N) is 1. The van der Waals surface area contributed by atoms with Crippen molar-refractivity contribution < 1.29 is 45.0 Å². The fraction of sp³-hybridized carbons (Fsp3) is 0.200. The van der Waals surface area contributed by atoms with Crippen LogP contribution >= 0.6 is 0 Å². The molecule has 3 aromatic carbocycles. The summed E-state index contributed by atoms with van der Waals surface area (Å²) in [5, 5.41) is 12.8. The summed E-state index contributed by atoms with van der Waals surface area (Å²) in [6, 6.07) is 17.0. The van der Waals surface area contributed by atoms with Crippen LogP contribution in [0.15, 0.2) is 97.2 Å². The molecule has 0 aliphatic carbocycles. The molecule has 1 aromatic heterocycles. The Labute approximate surface area is 234 Å². The first-order valence-corrected chi connectivity index (χ1v) is 12.3. The summed E-state index contributed by atoms with van der Waals surface area (Å²) in [6.45, 7) is -0.897. The van der Waals surface area contributed by atoms with Crippen molar-refractivity contribution in [2.24, 2.45) is 0 Å². The molecule has 0 spiro atoms. The van der Waals surface area contributed by atoms with Crippen molar-refractivity contribution in [3.05, 3.63) is 137 Å². The number of aliphatic hydroxyl groups is 1. The molecule has 42 heavy (non-hydrogen) atoms. The summed E-state index contributed by atoms with van der Waals surface area (Å²) >= 11 is 0. The lowest BCUT2D eigenvalue weighted by Gasteiger charge is -2.37. The molecule has 220 valence electrons. The number of hydrogen-bond donors (Lipinski definition) is 2. The summed E-state index contributed by atoms with van der Waals surface area (Å²) in [5.74, 6) is -4.09. The van der Waals surface area contributed by atoms with Crippen molar-refractivity contribution in [2.45, 2.75) is 29.8 Å². The molecule has 4 nitrogen and oxygen atoms in total. The second-order valence-corrected chi connectivity index (χ2v) is 9.59. The molecule has 1 amide bonds. The highest BCUT2D eigenvalue weighted by molar-refractivity contribution is 5.87. The standard InChI is InChI=1S/C30H22F8N2O2/c31-23-11-12-25(39-17-23)27(16-19-7-3-1-4-8-19,21-13-22(29(33,34)35)15-24(32)14-21)18-40-26(41)28(42,30(36,37)38)20-9-5-2-6-10-20/h1-15,17,42H,16,18H2,(H,40,41)/t27-,28+/m1/s1. The quantitative estimate of drug-likeness (QED) is 0.230. The predicted octanol–water partition coefficient (Wildman–Crippen LogP) is 6.47. The van der Waals surface area contributed by atoms with E-state index in [1.165, 1.54) is 18.2 Å². The first kappa shape index (κ1) is 30.6. The van der Waals surface area contributed by atoms with Gasteiger partial charge >= 0.3 is 12.4 Å². The maximum atomic E-state index is 14.7. The van der Waals surface area contributed by atoms with Crippen LogP contribution in [0, 0.1) is 11.6 Å². The molecule has 2 N–H and O–H groups in total. The number of rotatable bonds is 8. The first-order valence-electron chi connectivity index (χ1n) is 12.3. The molecule has 0 saturated heterocycles. The topological polar surface area (TPSA) is 62.2 Å². The molecule has 0 aliphatic rings. The Balaban J connectivity index is 1.92. The number of carbonyl (C=O) groups excluding carboxylic acids is 1. The van der Waals surface area contributed by atoms with E-state index in [1.54, 1.807) is 30.3 Å². The van der Waals surface area contributed by atoms with E-state index in [0.717, 1.165) is 36.5 Å². The molecule has 4 aromatic rings. The Kier molecular flexibility index (Phi) is 8.40. The molecule has 0 radical (unpaired) electrons. The SMILES string of the molecule is O=C(NC[C@](Cc1ccccc1)(c1cc(F)cc(C(F)(F)F)c1)c1ccc(F)cn1)[C@@](O)(c1ccccc1)C(F)(F)F. The zero-order chi connectivity index (χ0) is 30.8. The molecule has 0 aliphatic heterocycles. The molecule has 2 atom stereocenters. The lowest BCUT2D eigenvalue weighted by molar-refractivity contribution is -0.257. The van der Waals surface area contributed by atoms with Crippen LogP contribution in [0.5, 0.6) is 0 Å². The Bertz CT molecular complexity index is 1530. The molecule has 0 unspecified atom stereocenters. The highest BCUT2D eigenvalue weighted by Gasteiger charge is 2.61. The van der Waals surface area contributed by atoms with Gasteiger partial charge in [-0.05, 0) is 47.9 Å². The average molecular weight is 595 g/mol. The van der Waals surface area contributed by atoms with E-state index in [0.29, 0.717) is 11.6 Å². The average Bonchev–Trinajstić information content (AvgIpc) is 2.94. The fourth-order valence-corrected chi connectivity index (χ4v) is 4.69. The van der Waals surface area contributed by atoms with Crippen LogP contribution in [0.25, 0.3) is 0 Å². The van der Waals surface area contributed by atoms with Gasteiger partial charge in [0.2, 0.25) is 0 Å². The third kappa shape index (κ3) is 6.13. The molecule has 0 bridgehead atoms. The van der Waals surface area contributed by atoms with Gasteiger partial charge in [-0.15, -0.1) is 0 Å². The van der Waals surface area contributed by atoms with E-state index in [2.05, 4.69) is 4.98 Å². The zero-order valence-electron chi connectivity index (χ0n) is 21.5. The number of halogens is 8. The lowest BCUT2D eigenvalue weighted by Crippen LogP contribution is -2.57. The molecular weight excluding hydrogens is 572 g/mol. The molecule has 4 rings (SSSR count). The van der Waals surface area contributed by atoms with Gasteiger partial charge < -0.3 is 10.4 Å². The number of amides is 1. The van der Waals surface area contributed by atoms with E-state index >= 15 is 0 Å². The largest absolute Gasteiger partial charge is 0.430 e. The van der Waals surface area contributed by atoms with Gasteiger partial charge in [0.05, 0.1) is 22.9 Å². The number of carbonyl (C=O) groups is 1. The Morgan fingerprint density at radius 2 is 1.33 bits per heavy atom. The van der Waals surface area contributed by atoms with Gasteiger partial charge in [0.15, 0.2) is 0 Å². The van der Waals surface area contributed by atoms with E-state index in [-0.39, 0.29) is 18.2 Å². The molecule has 0 saturated carbocycles. The number of pyridine rings is 1. The number of benzene rings is 3. The second kappa shape index (κ2) is 11.5. The number of aromatic nitrogens is 1. The Morgan fingerprint density at radius 1 is 0.738 bits per heavy atom. The highest BCUT2D eigenvalue weighted by atomic mass is 19.4. The Morgan fingerprint density at radius 3 is 1.88 bits per heavy atom. The third-order valence-corrected chi connectivity index (χ3v) is 6.83. The van der Waals surface area contributed by atoms with Gasteiger partial charge in [-0.25, -0.2) is 8.78 Å². The van der Waals surface area contributed by atoms with Crippen molar-refractivity contribution >= 4 is 5.91 Å². The van der Waals surface area contributed by atoms with E-state index in [1.807, 2.05) is 5.32 Å². The van der Waals surface area contributed by atoms with Crippen molar-refractivity contribution in [2.75, 3.05) is 6.54 Å². The van der Waals surface area contributed by atoms with Gasteiger partial charge in [-0.2, -0.15) is 26.3 Å². The summed E-state index contributed by atoms with van der Waals surface area (Å²) in [6.07, 6.45) is -10.1. The zero-order valence-corrected chi connectivity index (χ0v) is 21.5. The highest BCUT2D eigenvalue weighted by Crippen LogP contribution is 2.41. The van der Waals surface area contributed by atoms with Crippen LogP contribution in [-0.2, 0) is 28.4 Å². The van der Waals surface area contributed by atoms with Crippen LogP contribution in [0.1, 0.15) is 27.9 Å². The van der Waals surface area contributed by atoms with E-state index in [4.69, 9.17) is 0 Å². The van der Waals surface area contributed by atoms with Crippen LogP contribution in [0.2, 0.25) is 0 Å². The maximum absolute atomic E-state index is 14.7. The maximum Gasteiger partial charge on any atom is 0.430 e. The minimum absolute atomic E-state index is 0.179. The van der Waals surface area contributed by atoms with Gasteiger partial charge in [0, 0.05) is 12.1 Å². The van der Waals surface area contributed by atoms with Gasteiger partial charge in [-0.1, -0.05) is 60.7 Å². The van der Waals surface area contributed by atoms with Crippen LogP contribution in [0.3, 0.4) is 0 Å². The number of hydrogen-bond acceptors (Lipinski definition) is 3. The van der Waals surface area contributed by atoms with Crippen LogP contribution in [-0.4, -0.2) is 28.7 Å². The first-order chi connectivity index (χ1) is 19.7.